The van der Waals surface area contributed by atoms with Crippen molar-refractivity contribution < 1.29 is 17.9 Å². The van der Waals surface area contributed by atoms with Crippen LogP contribution in [0.25, 0.3) is 10.1 Å². The molecule has 1 aromatic heterocycles. The molecule has 1 nitrogen and oxygen atoms in total. The second-order valence-corrected chi connectivity index (χ2v) is 5.48. The Morgan fingerprint density at radius 3 is 2.38 bits per heavy atom. The molecule has 0 aliphatic carbocycles. The van der Waals surface area contributed by atoms with E-state index >= 15 is 0 Å². The molecule has 1 heterocycles. The van der Waals surface area contributed by atoms with Crippen LogP contribution in [0.5, 0.6) is 5.75 Å². The van der Waals surface area contributed by atoms with Crippen LogP contribution < -0.4 is 4.74 Å². The molecule has 0 bridgehead atoms. The van der Waals surface area contributed by atoms with E-state index in [-0.39, 0.29) is 0 Å². The fraction of sp³-hybridized carbons (Fsp3) is 0.125. The van der Waals surface area contributed by atoms with Gasteiger partial charge in [-0.15, -0.1) is 11.3 Å². The summed E-state index contributed by atoms with van der Waals surface area (Å²) in [6, 6.07) is 12.7. The van der Waals surface area contributed by atoms with E-state index in [2.05, 4.69) is 0 Å². The van der Waals surface area contributed by atoms with Crippen LogP contribution in [-0.2, 0) is 12.8 Å². The number of rotatable bonds is 3. The summed E-state index contributed by atoms with van der Waals surface area (Å²) in [5.74, 6) is 0.429. The lowest BCUT2D eigenvalue weighted by molar-refractivity contribution is -0.137. The summed E-state index contributed by atoms with van der Waals surface area (Å²) >= 11 is 1.63. The molecule has 3 rings (SSSR count). The number of thiophene rings is 1. The van der Waals surface area contributed by atoms with Crippen molar-refractivity contribution in [1.29, 1.82) is 0 Å². The molecule has 0 saturated carbocycles. The van der Waals surface area contributed by atoms with Gasteiger partial charge in [0.1, 0.15) is 12.4 Å². The first-order valence-electron chi connectivity index (χ1n) is 6.29. The van der Waals surface area contributed by atoms with Crippen molar-refractivity contribution in [1.82, 2.24) is 0 Å². The van der Waals surface area contributed by atoms with Crippen LogP contribution in [0.3, 0.4) is 0 Å². The standard InChI is InChI=1S/C16H11F3OS/c17-16(18,19)12-5-7-13(8-6-12)20-9-11-10-21-15-4-2-1-3-14(11)15/h1-8,10H,9H2. The molecule has 2 aromatic carbocycles. The van der Waals surface area contributed by atoms with Gasteiger partial charge in [0.05, 0.1) is 5.56 Å². The van der Waals surface area contributed by atoms with Gasteiger partial charge in [-0.3, -0.25) is 0 Å². The molecule has 0 saturated heterocycles. The zero-order valence-electron chi connectivity index (χ0n) is 10.9. The molecule has 3 aromatic rings. The maximum atomic E-state index is 12.5. The summed E-state index contributed by atoms with van der Waals surface area (Å²) < 4.78 is 44.1. The van der Waals surface area contributed by atoms with Gasteiger partial charge >= 0.3 is 6.18 Å². The first-order chi connectivity index (χ1) is 10.0. The van der Waals surface area contributed by atoms with Crippen LogP contribution in [0.4, 0.5) is 13.2 Å². The van der Waals surface area contributed by atoms with E-state index in [0.29, 0.717) is 12.4 Å². The molecule has 0 spiro atoms. The predicted molar refractivity (Wildman–Crippen MR) is 77.6 cm³/mol. The zero-order valence-corrected chi connectivity index (χ0v) is 11.7. The van der Waals surface area contributed by atoms with Crippen LogP contribution in [0.15, 0.2) is 53.9 Å². The van der Waals surface area contributed by atoms with Gasteiger partial charge in [0.25, 0.3) is 0 Å². The fourth-order valence-corrected chi connectivity index (χ4v) is 2.99. The summed E-state index contributed by atoms with van der Waals surface area (Å²) in [4.78, 5) is 0. The third-order valence-corrected chi connectivity index (χ3v) is 4.15. The Morgan fingerprint density at radius 2 is 1.67 bits per heavy atom. The topological polar surface area (TPSA) is 9.23 Å². The van der Waals surface area contributed by atoms with Gasteiger partial charge in [-0.25, -0.2) is 0 Å². The van der Waals surface area contributed by atoms with Gasteiger partial charge in [0.15, 0.2) is 0 Å². The highest BCUT2D eigenvalue weighted by atomic mass is 32.1. The SMILES string of the molecule is FC(F)(F)c1ccc(OCc2csc3ccccc23)cc1. The average molecular weight is 308 g/mol. The minimum atomic E-state index is -4.32. The summed E-state index contributed by atoms with van der Waals surface area (Å²) in [7, 11) is 0. The number of benzene rings is 2. The van der Waals surface area contributed by atoms with Crippen LogP contribution >= 0.6 is 11.3 Å². The van der Waals surface area contributed by atoms with E-state index < -0.39 is 11.7 Å². The molecule has 0 unspecified atom stereocenters. The highest BCUT2D eigenvalue weighted by molar-refractivity contribution is 7.17. The normalized spacial score (nSPS) is 11.8. The van der Waals surface area contributed by atoms with Crippen molar-refractivity contribution in [3.05, 3.63) is 65.0 Å². The molecule has 0 radical (unpaired) electrons. The summed E-state index contributed by atoms with van der Waals surface area (Å²) in [5, 5.41) is 3.13. The summed E-state index contributed by atoms with van der Waals surface area (Å²) in [5.41, 5.74) is 0.367. The molecule has 21 heavy (non-hydrogen) atoms. The molecule has 0 fully saturated rings. The van der Waals surface area contributed by atoms with E-state index in [1.165, 1.54) is 16.8 Å². The average Bonchev–Trinajstić information content (AvgIpc) is 2.88. The van der Waals surface area contributed by atoms with Gasteiger partial charge in [-0.05, 0) is 41.1 Å². The van der Waals surface area contributed by atoms with Crippen LogP contribution in [0, 0.1) is 0 Å². The van der Waals surface area contributed by atoms with Crippen molar-refractivity contribution in [2.24, 2.45) is 0 Å². The third-order valence-electron chi connectivity index (χ3n) is 3.14. The van der Waals surface area contributed by atoms with Gasteiger partial charge < -0.3 is 4.74 Å². The molecule has 0 amide bonds. The summed E-state index contributed by atoms with van der Waals surface area (Å²) in [6.45, 7) is 0.343. The minimum Gasteiger partial charge on any atom is -0.489 e. The molecule has 108 valence electrons. The van der Waals surface area contributed by atoms with E-state index in [1.54, 1.807) is 11.3 Å². The maximum absolute atomic E-state index is 12.5. The van der Waals surface area contributed by atoms with Crippen molar-refractivity contribution in [2.45, 2.75) is 12.8 Å². The predicted octanol–water partition coefficient (Wildman–Crippen LogP) is 5.50. The Bertz CT molecular complexity index is 744. The minimum absolute atomic E-state index is 0.343. The quantitative estimate of drug-likeness (QED) is 0.621. The largest absolute Gasteiger partial charge is 0.489 e. The Labute approximate surface area is 123 Å². The van der Waals surface area contributed by atoms with Gasteiger partial charge in [0, 0.05) is 10.3 Å². The van der Waals surface area contributed by atoms with Crippen molar-refractivity contribution in [3.63, 3.8) is 0 Å². The maximum Gasteiger partial charge on any atom is 0.416 e. The first-order valence-corrected chi connectivity index (χ1v) is 7.17. The summed E-state index contributed by atoms with van der Waals surface area (Å²) in [6.07, 6.45) is -4.32. The third kappa shape index (κ3) is 3.03. The van der Waals surface area contributed by atoms with E-state index in [4.69, 9.17) is 4.74 Å². The van der Waals surface area contributed by atoms with Crippen molar-refractivity contribution >= 4 is 21.4 Å². The first kappa shape index (κ1) is 13.9. The number of fused-ring (bicyclic) bond motifs is 1. The second kappa shape index (κ2) is 5.41. The van der Waals surface area contributed by atoms with Crippen LogP contribution in [0.2, 0.25) is 0 Å². The molecule has 0 aliphatic heterocycles. The van der Waals surface area contributed by atoms with Crippen molar-refractivity contribution in [2.75, 3.05) is 0 Å². The lowest BCUT2D eigenvalue weighted by atomic mass is 10.2. The Balaban J connectivity index is 1.73. The van der Waals surface area contributed by atoms with Gasteiger partial charge in [0.2, 0.25) is 0 Å². The monoisotopic (exact) mass is 308 g/mol. The highest BCUT2D eigenvalue weighted by Gasteiger charge is 2.29. The Morgan fingerprint density at radius 1 is 0.952 bits per heavy atom. The fourth-order valence-electron chi connectivity index (χ4n) is 2.05. The van der Waals surface area contributed by atoms with E-state index in [0.717, 1.165) is 23.1 Å². The van der Waals surface area contributed by atoms with E-state index in [9.17, 15) is 13.2 Å². The Kier molecular flexibility index (Phi) is 3.59. The van der Waals surface area contributed by atoms with Crippen LogP contribution in [0.1, 0.15) is 11.1 Å². The number of halogens is 3. The molecule has 0 atom stereocenters. The van der Waals surface area contributed by atoms with Gasteiger partial charge in [-0.2, -0.15) is 13.2 Å². The molecule has 5 heteroatoms. The Hall–Kier alpha value is -2.01. The number of alkyl halides is 3. The lowest BCUT2D eigenvalue weighted by Crippen LogP contribution is -2.04. The number of hydrogen-bond acceptors (Lipinski definition) is 2. The lowest BCUT2D eigenvalue weighted by Gasteiger charge is -2.09. The highest BCUT2D eigenvalue weighted by Crippen LogP contribution is 2.31. The molecular weight excluding hydrogens is 297 g/mol. The second-order valence-electron chi connectivity index (χ2n) is 4.57. The molecule has 0 N–H and O–H groups in total. The number of ether oxygens (including phenoxy) is 1. The molecular formula is C16H11F3OS. The van der Waals surface area contributed by atoms with Crippen LogP contribution in [-0.4, -0.2) is 0 Å². The van der Waals surface area contributed by atoms with Gasteiger partial charge in [-0.1, -0.05) is 18.2 Å². The zero-order chi connectivity index (χ0) is 14.9. The van der Waals surface area contributed by atoms with E-state index in [1.807, 2.05) is 29.6 Å². The van der Waals surface area contributed by atoms with Crippen molar-refractivity contribution in [3.8, 4) is 5.75 Å². The number of hydrogen-bond donors (Lipinski definition) is 0. The molecule has 0 aliphatic rings. The smallest absolute Gasteiger partial charge is 0.416 e.